The monoisotopic (exact) mass is 422 g/mol. The minimum atomic E-state index is -3.54. The molecule has 0 aromatic heterocycles. The van der Waals surface area contributed by atoms with E-state index < -0.39 is 21.1 Å². The molecule has 0 radical (unpaired) electrons. The van der Waals surface area contributed by atoms with Crippen molar-refractivity contribution in [1.29, 1.82) is 0 Å². The molecular weight excluding hydrogens is 384 g/mol. The summed E-state index contributed by atoms with van der Waals surface area (Å²) in [6.07, 6.45) is 28.5. The number of aliphatic carboxylic acids is 1. The number of carboxylic acids is 1. The average Bonchev–Trinajstić information content (AvgIpc) is 2.67. The summed E-state index contributed by atoms with van der Waals surface area (Å²) in [4.78, 5) is 11.0. The Bertz CT molecular complexity index is 667. The normalized spacial score (nSPS) is 14.3. The molecule has 0 saturated heterocycles. The molecule has 1 N–H and O–H groups in total. The number of hydrogen-bond acceptors (Lipinski definition) is 3. The third kappa shape index (κ3) is 15.7. The van der Waals surface area contributed by atoms with Gasteiger partial charge in [0, 0.05) is 0 Å². The van der Waals surface area contributed by atoms with Crippen molar-refractivity contribution < 1.29 is 18.3 Å². The number of carbonyl (C=O) groups is 1. The summed E-state index contributed by atoms with van der Waals surface area (Å²) in [5, 5.41) is 7.69. The van der Waals surface area contributed by atoms with Crippen molar-refractivity contribution in [2.24, 2.45) is 0 Å². The number of carboxylic acid groups (broad SMARTS) is 1. The molecule has 4 nitrogen and oxygen atoms in total. The van der Waals surface area contributed by atoms with Gasteiger partial charge in [0.1, 0.15) is 0 Å². The summed E-state index contributed by atoms with van der Waals surface area (Å²) in [6, 6.07) is 0. The first-order chi connectivity index (χ1) is 14.0. The largest absolute Gasteiger partial charge is 0.480 e. The summed E-state index contributed by atoms with van der Waals surface area (Å²) < 4.78 is 23.9. The van der Waals surface area contributed by atoms with Crippen LogP contribution < -0.4 is 0 Å². The van der Waals surface area contributed by atoms with E-state index in [0.717, 1.165) is 44.9 Å². The summed E-state index contributed by atoms with van der Waals surface area (Å²) in [5.74, 6) is -1.30. The predicted molar refractivity (Wildman–Crippen MR) is 124 cm³/mol. The van der Waals surface area contributed by atoms with Crippen LogP contribution in [-0.2, 0) is 14.6 Å². The molecule has 0 heterocycles. The summed E-state index contributed by atoms with van der Waals surface area (Å²) in [7, 11) is -3.54. The van der Waals surface area contributed by atoms with Crippen molar-refractivity contribution in [2.45, 2.75) is 76.9 Å². The van der Waals surface area contributed by atoms with E-state index >= 15 is 0 Å². The van der Waals surface area contributed by atoms with Crippen molar-refractivity contribution in [2.75, 3.05) is 5.75 Å². The van der Waals surface area contributed by atoms with Gasteiger partial charge >= 0.3 is 5.97 Å². The number of allylic oxidation sites excluding steroid dienone is 10. The smallest absolute Gasteiger partial charge is 0.321 e. The van der Waals surface area contributed by atoms with Gasteiger partial charge in [0.05, 0.1) is 5.75 Å². The van der Waals surface area contributed by atoms with E-state index in [2.05, 4.69) is 67.7 Å². The molecule has 0 aromatic carbocycles. The van der Waals surface area contributed by atoms with Gasteiger partial charge in [-0.2, -0.15) is 0 Å². The maximum atomic E-state index is 12.0. The molecule has 0 saturated carbocycles. The molecular formula is C24H38O4S. The lowest BCUT2D eigenvalue weighted by Gasteiger charge is -2.10. The molecule has 0 spiro atoms. The maximum absolute atomic E-state index is 12.0. The molecule has 1 unspecified atom stereocenters. The number of unbranched alkanes of at least 4 members (excludes halogenated alkanes) is 2. The molecule has 29 heavy (non-hydrogen) atoms. The molecule has 0 rings (SSSR count). The zero-order valence-corrected chi connectivity index (χ0v) is 18.8. The Kier molecular flexibility index (Phi) is 17.0. The van der Waals surface area contributed by atoms with Gasteiger partial charge in [0.25, 0.3) is 0 Å². The van der Waals surface area contributed by atoms with Crippen LogP contribution in [0.1, 0.15) is 71.6 Å². The third-order valence-electron chi connectivity index (χ3n) is 4.29. The Morgan fingerprint density at radius 2 is 1.21 bits per heavy atom. The number of sulfone groups is 1. The van der Waals surface area contributed by atoms with Crippen molar-refractivity contribution in [3.05, 3.63) is 60.8 Å². The van der Waals surface area contributed by atoms with Gasteiger partial charge < -0.3 is 5.11 Å². The van der Waals surface area contributed by atoms with E-state index in [1.54, 1.807) is 6.92 Å². The molecule has 1 atom stereocenters. The minimum Gasteiger partial charge on any atom is -0.480 e. The standard InChI is InChI=1S/C24H38O4S/c1-3-5-6-7-8-9-10-11-12-13-14-15-16-17-18-19-20-21-22-29(27,28)23(4-2)24(25)26/h5-6,8-9,11-12,14-15,17-18,23H,3-4,7,10,13,16,19-22H2,1-2H3,(H,25,26). The molecule has 0 aliphatic rings. The Labute approximate surface area is 177 Å². The van der Waals surface area contributed by atoms with Gasteiger partial charge in [0.15, 0.2) is 15.1 Å². The Balaban J connectivity index is 3.78. The van der Waals surface area contributed by atoms with Crippen LogP contribution in [0.25, 0.3) is 0 Å². The summed E-state index contributed by atoms with van der Waals surface area (Å²) >= 11 is 0. The van der Waals surface area contributed by atoms with Crippen LogP contribution in [0.5, 0.6) is 0 Å². The van der Waals surface area contributed by atoms with Crippen molar-refractivity contribution >= 4 is 15.8 Å². The fourth-order valence-electron chi connectivity index (χ4n) is 2.66. The van der Waals surface area contributed by atoms with E-state index in [1.165, 1.54) is 0 Å². The molecule has 0 bridgehead atoms. The van der Waals surface area contributed by atoms with Crippen molar-refractivity contribution in [3.63, 3.8) is 0 Å². The number of hydrogen-bond donors (Lipinski definition) is 1. The lowest BCUT2D eigenvalue weighted by molar-refractivity contribution is -0.136. The average molecular weight is 423 g/mol. The topological polar surface area (TPSA) is 71.4 Å². The van der Waals surface area contributed by atoms with E-state index in [9.17, 15) is 13.2 Å². The zero-order chi connectivity index (χ0) is 21.8. The fourth-order valence-corrected chi connectivity index (χ4v) is 4.36. The van der Waals surface area contributed by atoms with E-state index in [4.69, 9.17) is 5.11 Å². The quantitative estimate of drug-likeness (QED) is 0.224. The first-order valence-corrected chi connectivity index (χ1v) is 12.4. The van der Waals surface area contributed by atoms with Crippen LogP contribution in [0.15, 0.2) is 60.8 Å². The fraction of sp³-hybridized carbons (Fsp3) is 0.542. The van der Waals surface area contributed by atoms with E-state index in [0.29, 0.717) is 6.42 Å². The predicted octanol–water partition coefficient (Wildman–Crippen LogP) is 6.19. The molecule has 0 amide bonds. The highest BCUT2D eigenvalue weighted by Gasteiger charge is 2.29. The highest BCUT2D eigenvalue weighted by molar-refractivity contribution is 7.92. The van der Waals surface area contributed by atoms with Crippen LogP contribution in [0.3, 0.4) is 0 Å². The van der Waals surface area contributed by atoms with Gasteiger partial charge in [-0.15, -0.1) is 0 Å². The molecule has 0 aromatic rings. The molecule has 0 fully saturated rings. The van der Waals surface area contributed by atoms with Crippen LogP contribution in [0.2, 0.25) is 0 Å². The second-order valence-electron chi connectivity index (χ2n) is 6.81. The lowest BCUT2D eigenvalue weighted by Crippen LogP contribution is -2.31. The zero-order valence-electron chi connectivity index (χ0n) is 18.0. The van der Waals surface area contributed by atoms with Gasteiger partial charge in [-0.1, -0.05) is 74.6 Å². The number of rotatable bonds is 17. The van der Waals surface area contributed by atoms with Crippen LogP contribution >= 0.6 is 0 Å². The van der Waals surface area contributed by atoms with Gasteiger partial charge in [-0.3, -0.25) is 4.79 Å². The minimum absolute atomic E-state index is 0.0531. The maximum Gasteiger partial charge on any atom is 0.321 e. The Morgan fingerprint density at radius 1 is 0.759 bits per heavy atom. The molecule has 164 valence electrons. The third-order valence-corrected chi connectivity index (χ3v) is 6.55. The van der Waals surface area contributed by atoms with Gasteiger partial charge in [-0.25, -0.2) is 8.42 Å². The van der Waals surface area contributed by atoms with Crippen molar-refractivity contribution in [3.8, 4) is 0 Å². The first kappa shape index (κ1) is 27.1. The highest BCUT2D eigenvalue weighted by atomic mass is 32.2. The molecule has 0 aliphatic carbocycles. The van der Waals surface area contributed by atoms with Crippen molar-refractivity contribution in [1.82, 2.24) is 0 Å². The van der Waals surface area contributed by atoms with Crippen LogP contribution in [-0.4, -0.2) is 30.5 Å². The molecule has 0 aliphatic heterocycles. The molecule has 5 heteroatoms. The second-order valence-corrected chi connectivity index (χ2v) is 9.11. The Morgan fingerprint density at radius 3 is 1.62 bits per heavy atom. The highest BCUT2D eigenvalue weighted by Crippen LogP contribution is 2.11. The van der Waals surface area contributed by atoms with Crippen LogP contribution in [0, 0.1) is 0 Å². The first-order valence-electron chi connectivity index (χ1n) is 10.6. The summed E-state index contributed by atoms with van der Waals surface area (Å²) in [6.45, 7) is 3.72. The second kappa shape index (κ2) is 18.2. The Hall–Kier alpha value is -1.88. The van der Waals surface area contributed by atoms with Crippen LogP contribution in [0.4, 0.5) is 0 Å². The van der Waals surface area contributed by atoms with Gasteiger partial charge in [0.2, 0.25) is 0 Å². The lowest BCUT2D eigenvalue weighted by atomic mass is 10.2. The SMILES string of the molecule is CCC=CCC=CCC=CCC=CCC=CCCCCS(=O)(=O)C(CC)C(=O)O. The summed E-state index contributed by atoms with van der Waals surface area (Å²) in [5.41, 5.74) is 0. The van der Waals surface area contributed by atoms with E-state index in [-0.39, 0.29) is 12.2 Å². The van der Waals surface area contributed by atoms with E-state index in [1.807, 2.05) is 0 Å². The van der Waals surface area contributed by atoms with Gasteiger partial charge in [-0.05, 0) is 57.8 Å².